The van der Waals surface area contributed by atoms with Crippen LogP contribution in [-0.2, 0) is 6.42 Å². The number of fused-ring (bicyclic) bond motifs is 1. The van der Waals surface area contributed by atoms with Gasteiger partial charge in [0.2, 0.25) is 0 Å². The molecule has 0 unspecified atom stereocenters. The van der Waals surface area contributed by atoms with E-state index in [-0.39, 0.29) is 5.56 Å². The highest BCUT2D eigenvalue weighted by Crippen LogP contribution is 2.27. The van der Waals surface area contributed by atoms with Gasteiger partial charge in [-0.1, -0.05) is 17.7 Å². The summed E-state index contributed by atoms with van der Waals surface area (Å²) in [6.45, 7) is 0. The number of nitrogens with zero attached hydrogens (tertiary/aromatic N) is 1. The highest BCUT2D eigenvalue weighted by atomic mass is 35.5. The third-order valence-corrected chi connectivity index (χ3v) is 3.94. The lowest BCUT2D eigenvalue weighted by Gasteiger charge is -2.02. The van der Waals surface area contributed by atoms with Crippen LogP contribution in [-0.4, -0.2) is 15.5 Å². The number of rotatable bonds is 1. The molecule has 0 amide bonds. The molecule has 1 N–H and O–H groups in total. The summed E-state index contributed by atoms with van der Waals surface area (Å²) in [7, 11) is 0. The van der Waals surface area contributed by atoms with Crippen LogP contribution in [0.25, 0.3) is 5.69 Å². The Kier molecular flexibility index (Phi) is 2.33. The smallest absolute Gasteiger partial charge is 0.285 e. The van der Waals surface area contributed by atoms with E-state index in [1.807, 2.05) is 12.1 Å². The molecule has 1 aliphatic heterocycles. The lowest BCUT2D eigenvalue weighted by Crippen LogP contribution is -2.15. The van der Waals surface area contributed by atoms with Gasteiger partial charge in [0.05, 0.1) is 16.3 Å². The van der Waals surface area contributed by atoms with Gasteiger partial charge in [0, 0.05) is 10.8 Å². The quantitative estimate of drug-likeness (QED) is 0.847. The van der Waals surface area contributed by atoms with Gasteiger partial charge in [-0.3, -0.25) is 9.89 Å². The minimum Gasteiger partial charge on any atom is -0.294 e. The van der Waals surface area contributed by atoms with Gasteiger partial charge in [-0.15, -0.1) is 11.8 Å². The van der Waals surface area contributed by atoms with E-state index in [9.17, 15) is 4.79 Å². The van der Waals surface area contributed by atoms with Crippen molar-refractivity contribution >= 4 is 23.4 Å². The van der Waals surface area contributed by atoms with Crippen molar-refractivity contribution in [1.29, 1.82) is 0 Å². The molecule has 3 rings (SSSR count). The van der Waals surface area contributed by atoms with Crippen LogP contribution in [0.4, 0.5) is 0 Å². The lowest BCUT2D eigenvalue weighted by molar-refractivity contribution is 0.820. The van der Waals surface area contributed by atoms with Crippen LogP contribution in [0, 0.1) is 0 Å². The number of benzene rings is 1. The van der Waals surface area contributed by atoms with E-state index in [0.29, 0.717) is 5.02 Å². The van der Waals surface area contributed by atoms with Crippen LogP contribution in [0.1, 0.15) is 5.69 Å². The molecule has 0 fully saturated rings. The molecule has 5 heteroatoms. The maximum absolute atomic E-state index is 12.0. The largest absolute Gasteiger partial charge is 0.294 e. The number of thioether (sulfide) groups is 1. The number of aryl methyl sites for hydroxylation is 1. The normalized spacial score (nSPS) is 14.1. The summed E-state index contributed by atoms with van der Waals surface area (Å²) in [4.78, 5) is 12.9. The second kappa shape index (κ2) is 3.71. The summed E-state index contributed by atoms with van der Waals surface area (Å²) in [5, 5.41) is 3.76. The number of hydrogen-bond acceptors (Lipinski definition) is 2. The van der Waals surface area contributed by atoms with Gasteiger partial charge in [0.1, 0.15) is 0 Å². The van der Waals surface area contributed by atoms with Crippen molar-refractivity contribution in [2.45, 2.75) is 11.3 Å². The van der Waals surface area contributed by atoms with Crippen LogP contribution in [0.2, 0.25) is 5.02 Å². The Morgan fingerprint density at radius 2 is 2.31 bits per heavy atom. The van der Waals surface area contributed by atoms with E-state index < -0.39 is 0 Å². The fraction of sp³-hybridized carbons (Fsp3) is 0.182. The van der Waals surface area contributed by atoms with Gasteiger partial charge in [-0.2, -0.15) is 0 Å². The molecule has 82 valence electrons. The number of hydrogen-bond donors (Lipinski definition) is 1. The summed E-state index contributed by atoms with van der Waals surface area (Å²) >= 11 is 7.52. The fourth-order valence-electron chi connectivity index (χ4n) is 1.84. The summed E-state index contributed by atoms with van der Waals surface area (Å²) in [5.41, 5.74) is 1.85. The SMILES string of the molecule is O=c1c2c([nH]n1-c1cccc(Cl)c1)CCS2. The molecule has 0 saturated carbocycles. The van der Waals surface area contributed by atoms with Crippen LogP contribution < -0.4 is 5.56 Å². The number of aromatic amines is 1. The predicted octanol–water partition coefficient (Wildman–Crippen LogP) is 2.47. The van der Waals surface area contributed by atoms with Gasteiger partial charge in [-0.05, 0) is 24.6 Å². The Morgan fingerprint density at radius 1 is 1.44 bits per heavy atom. The van der Waals surface area contributed by atoms with Crippen molar-refractivity contribution in [2.75, 3.05) is 5.75 Å². The first-order valence-corrected chi connectivity index (χ1v) is 6.35. The topological polar surface area (TPSA) is 37.8 Å². The minimum atomic E-state index is 0.0276. The van der Waals surface area contributed by atoms with Gasteiger partial charge < -0.3 is 0 Å². The second-order valence-corrected chi connectivity index (χ2v) is 5.18. The van der Waals surface area contributed by atoms with Crippen LogP contribution >= 0.6 is 23.4 Å². The molecule has 2 heterocycles. The Hall–Kier alpha value is -1.13. The zero-order valence-electron chi connectivity index (χ0n) is 8.37. The first-order chi connectivity index (χ1) is 7.75. The summed E-state index contributed by atoms with van der Waals surface area (Å²) < 4.78 is 1.56. The van der Waals surface area contributed by atoms with Crippen molar-refractivity contribution in [3.05, 3.63) is 45.3 Å². The van der Waals surface area contributed by atoms with E-state index >= 15 is 0 Å². The van der Waals surface area contributed by atoms with Crippen molar-refractivity contribution in [3.63, 3.8) is 0 Å². The van der Waals surface area contributed by atoms with Gasteiger partial charge in [0.25, 0.3) is 5.56 Å². The second-order valence-electron chi connectivity index (χ2n) is 3.64. The lowest BCUT2D eigenvalue weighted by atomic mass is 10.3. The number of aromatic nitrogens is 2. The Labute approximate surface area is 101 Å². The average Bonchev–Trinajstić information content (AvgIpc) is 2.82. The van der Waals surface area contributed by atoms with E-state index in [4.69, 9.17) is 11.6 Å². The Bertz CT molecular complexity index is 602. The van der Waals surface area contributed by atoms with Crippen molar-refractivity contribution in [3.8, 4) is 5.69 Å². The van der Waals surface area contributed by atoms with E-state index in [1.165, 1.54) is 0 Å². The number of H-pyrrole nitrogens is 1. The molecule has 0 radical (unpaired) electrons. The first-order valence-electron chi connectivity index (χ1n) is 4.98. The van der Waals surface area contributed by atoms with Crippen LogP contribution in [0.5, 0.6) is 0 Å². The zero-order valence-corrected chi connectivity index (χ0v) is 9.94. The van der Waals surface area contributed by atoms with E-state index in [0.717, 1.165) is 28.5 Å². The highest BCUT2D eigenvalue weighted by Gasteiger charge is 2.20. The molecule has 1 aromatic carbocycles. The molecular formula is C11H9ClN2OS. The third-order valence-electron chi connectivity index (χ3n) is 2.58. The molecule has 0 aliphatic carbocycles. The molecular weight excluding hydrogens is 244 g/mol. The maximum atomic E-state index is 12.0. The summed E-state index contributed by atoms with van der Waals surface area (Å²) in [6.07, 6.45) is 0.933. The van der Waals surface area contributed by atoms with Gasteiger partial charge >= 0.3 is 0 Å². The average molecular weight is 253 g/mol. The molecule has 0 spiro atoms. The molecule has 0 bridgehead atoms. The van der Waals surface area contributed by atoms with E-state index in [2.05, 4.69) is 5.10 Å². The molecule has 16 heavy (non-hydrogen) atoms. The minimum absolute atomic E-state index is 0.0276. The van der Waals surface area contributed by atoms with Crippen LogP contribution in [0.15, 0.2) is 34.0 Å². The molecule has 3 nitrogen and oxygen atoms in total. The molecule has 1 aliphatic rings. The van der Waals surface area contributed by atoms with Crippen LogP contribution in [0.3, 0.4) is 0 Å². The molecule has 2 aromatic rings. The molecule has 0 atom stereocenters. The standard InChI is InChI=1S/C11H9ClN2OS/c12-7-2-1-3-8(6-7)14-11(15)10-9(13-14)4-5-16-10/h1-3,6,13H,4-5H2. The fourth-order valence-corrected chi connectivity index (χ4v) is 3.07. The Morgan fingerprint density at radius 3 is 3.06 bits per heavy atom. The summed E-state index contributed by atoms with van der Waals surface area (Å²) in [6, 6.07) is 7.27. The Balaban J connectivity index is 2.18. The number of halogens is 1. The van der Waals surface area contributed by atoms with Crippen molar-refractivity contribution < 1.29 is 0 Å². The zero-order chi connectivity index (χ0) is 11.1. The van der Waals surface area contributed by atoms with Gasteiger partial charge in [-0.25, -0.2) is 4.68 Å². The molecule has 1 aromatic heterocycles. The first kappa shape index (κ1) is 10.1. The molecule has 0 saturated heterocycles. The number of nitrogens with one attached hydrogen (secondary N) is 1. The van der Waals surface area contributed by atoms with Crippen molar-refractivity contribution in [1.82, 2.24) is 9.78 Å². The third kappa shape index (κ3) is 1.49. The summed E-state index contributed by atoms with van der Waals surface area (Å²) in [5.74, 6) is 0.993. The monoisotopic (exact) mass is 252 g/mol. The van der Waals surface area contributed by atoms with Crippen molar-refractivity contribution in [2.24, 2.45) is 0 Å². The predicted molar refractivity (Wildman–Crippen MR) is 65.8 cm³/mol. The van der Waals surface area contributed by atoms with E-state index in [1.54, 1.807) is 28.6 Å². The van der Waals surface area contributed by atoms with Gasteiger partial charge in [0.15, 0.2) is 0 Å². The maximum Gasteiger partial charge on any atom is 0.285 e. The highest BCUT2D eigenvalue weighted by molar-refractivity contribution is 7.99.